The maximum atomic E-state index is 13.3. The van der Waals surface area contributed by atoms with E-state index < -0.39 is 5.60 Å². The van der Waals surface area contributed by atoms with Crippen LogP contribution in [0, 0.1) is 0 Å². The van der Waals surface area contributed by atoms with E-state index in [1.807, 2.05) is 29.3 Å². The molecular weight excluding hydrogens is 460 g/mol. The molecular formula is C27H26N4O3S. The number of likely N-dealkylation sites (tertiary alicyclic amines) is 1. The van der Waals surface area contributed by atoms with Crippen LogP contribution in [0.2, 0.25) is 0 Å². The van der Waals surface area contributed by atoms with Crippen LogP contribution in [-0.4, -0.2) is 51.3 Å². The first-order valence-electron chi connectivity index (χ1n) is 12.3. The van der Waals surface area contributed by atoms with Crippen LogP contribution in [0.1, 0.15) is 42.2 Å². The highest BCUT2D eigenvalue weighted by Gasteiger charge is 2.55. The number of rotatable bonds is 5. The zero-order valence-electron chi connectivity index (χ0n) is 19.3. The molecule has 3 aliphatic rings. The summed E-state index contributed by atoms with van der Waals surface area (Å²) < 4.78 is 13.7. The van der Waals surface area contributed by atoms with Crippen molar-refractivity contribution in [3.8, 4) is 22.6 Å². The second kappa shape index (κ2) is 8.09. The Kier molecular flexibility index (Phi) is 4.84. The van der Waals surface area contributed by atoms with Crippen LogP contribution in [0.5, 0.6) is 11.5 Å². The van der Waals surface area contributed by atoms with Gasteiger partial charge in [-0.2, -0.15) is 5.10 Å². The number of hydrogen-bond donors (Lipinski definition) is 1. The number of para-hydroxylation sites is 1. The van der Waals surface area contributed by atoms with E-state index in [1.54, 1.807) is 17.5 Å². The molecule has 8 heteroatoms. The lowest BCUT2D eigenvalue weighted by Gasteiger charge is -2.24. The minimum absolute atomic E-state index is 0.129. The number of aromatic nitrogens is 3. The Morgan fingerprint density at radius 1 is 1.17 bits per heavy atom. The highest BCUT2D eigenvalue weighted by molar-refractivity contribution is 7.18. The van der Waals surface area contributed by atoms with Crippen LogP contribution in [0.15, 0.2) is 48.8 Å². The summed E-state index contributed by atoms with van der Waals surface area (Å²) in [6.45, 7) is 2.27. The first-order valence-corrected chi connectivity index (χ1v) is 13.1. The van der Waals surface area contributed by atoms with Gasteiger partial charge in [0.1, 0.15) is 22.0 Å². The van der Waals surface area contributed by atoms with E-state index in [1.165, 1.54) is 5.56 Å². The van der Waals surface area contributed by atoms with Gasteiger partial charge in [0.25, 0.3) is 5.91 Å². The molecule has 35 heavy (non-hydrogen) atoms. The van der Waals surface area contributed by atoms with E-state index >= 15 is 0 Å². The first-order chi connectivity index (χ1) is 17.2. The lowest BCUT2D eigenvalue weighted by atomic mass is 9.97. The van der Waals surface area contributed by atoms with Crippen LogP contribution in [0.3, 0.4) is 0 Å². The molecule has 1 saturated heterocycles. The second-order valence-electron chi connectivity index (χ2n) is 9.78. The van der Waals surface area contributed by atoms with Crippen LogP contribution < -0.4 is 9.47 Å². The Labute approximate surface area is 207 Å². The smallest absolute Gasteiger partial charge is 0.266 e. The third-order valence-corrected chi connectivity index (χ3v) is 8.49. The zero-order chi connectivity index (χ0) is 23.4. The number of carbonyl (C=O) groups excluding carboxylic acids is 1. The third kappa shape index (κ3) is 3.67. The van der Waals surface area contributed by atoms with Gasteiger partial charge in [-0.25, -0.2) is 4.98 Å². The molecule has 4 aromatic rings. The van der Waals surface area contributed by atoms with Crippen molar-refractivity contribution in [1.29, 1.82) is 0 Å². The highest BCUT2D eigenvalue weighted by Crippen LogP contribution is 2.46. The molecule has 2 aromatic carbocycles. The Bertz CT molecular complexity index is 1400. The van der Waals surface area contributed by atoms with Crippen molar-refractivity contribution in [2.75, 3.05) is 19.7 Å². The molecule has 0 radical (unpaired) electrons. The lowest BCUT2D eigenvalue weighted by Crippen LogP contribution is -2.42. The maximum Gasteiger partial charge on any atom is 0.266 e. The molecule has 1 N–H and O–H groups in total. The largest absolute Gasteiger partial charge is 0.493 e. The number of H-pyrrole nitrogens is 1. The molecule has 7 nitrogen and oxygen atoms in total. The number of ether oxygens (including phenoxy) is 2. The van der Waals surface area contributed by atoms with Crippen LogP contribution in [0.4, 0.5) is 0 Å². The quantitative estimate of drug-likeness (QED) is 0.432. The standard InChI is InChI=1S/C27H26N4O3S/c32-26(31-9-3-4-10-31)27(7-8-27)34-22-12-18(20-14-28-29-15-20)13-23-24(22)30-25(35-23)19-11-17-5-1-2-6-21(17)33-16-19/h1-2,5-6,12-15,19H,3-4,7-11,16H2,(H,28,29). The fourth-order valence-electron chi connectivity index (χ4n) is 5.22. The average molecular weight is 487 g/mol. The van der Waals surface area contributed by atoms with Crippen molar-refractivity contribution in [3.63, 3.8) is 0 Å². The Balaban J connectivity index is 1.27. The van der Waals surface area contributed by atoms with Crippen molar-refractivity contribution in [3.05, 3.63) is 59.4 Å². The third-order valence-electron chi connectivity index (χ3n) is 7.33. The molecule has 1 atom stereocenters. The average Bonchev–Trinajstić information content (AvgIpc) is 3.35. The summed E-state index contributed by atoms with van der Waals surface area (Å²) in [5, 5.41) is 8.06. The monoisotopic (exact) mass is 486 g/mol. The van der Waals surface area contributed by atoms with Gasteiger partial charge in [0.15, 0.2) is 5.60 Å². The predicted molar refractivity (Wildman–Crippen MR) is 134 cm³/mol. The van der Waals surface area contributed by atoms with Crippen molar-refractivity contribution >= 4 is 27.5 Å². The maximum absolute atomic E-state index is 13.3. The predicted octanol–water partition coefficient (Wildman–Crippen LogP) is 4.94. The first kappa shape index (κ1) is 20.9. The molecule has 1 amide bonds. The van der Waals surface area contributed by atoms with E-state index in [4.69, 9.17) is 14.5 Å². The zero-order valence-corrected chi connectivity index (χ0v) is 20.1. The summed E-state index contributed by atoms with van der Waals surface area (Å²) >= 11 is 1.69. The molecule has 178 valence electrons. The molecule has 1 aliphatic carbocycles. The molecule has 4 heterocycles. The van der Waals surface area contributed by atoms with E-state index in [9.17, 15) is 4.79 Å². The van der Waals surface area contributed by atoms with Crippen LogP contribution in [0.25, 0.3) is 21.3 Å². The molecule has 1 unspecified atom stereocenters. The Morgan fingerprint density at radius 3 is 2.83 bits per heavy atom. The van der Waals surface area contributed by atoms with Gasteiger partial charge < -0.3 is 14.4 Å². The molecule has 0 spiro atoms. The lowest BCUT2D eigenvalue weighted by molar-refractivity contribution is -0.139. The van der Waals surface area contributed by atoms with Crippen molar-refractivity contribution < 1.29 is 14.3 Å². The van der Waals surface area contributed by atoms with Gasteiger partial charge in [-0.3, -0.25) is 9.89 Å². The normalized spacial score (nSPS) is 20.5. The summed E-state index contributed by atoms with van der Waals surface area (Å²) in [5.74, 6) is 1.97. The number of fused-ring (bicyclic) bond motifs is 2. The van der Waals surface area contributed by atoms with Crippen molar-refractivity contribution in [2.24, 2.45) is 0 Å². The summed E-state index contributed by atoms with van der Waals surface area (Å²) in [6, 6.07) is 12.4. The summed E-state index contributed by atoms with van der Waals surface area (Å²) in [6.07, 6.45) is 8.24. The fraction of sp³-hybridized carbons (Fsp3) is 0.370. The summed E-state index contributed by atoms with van der Waals surface area (Å²) in [4.78, 5) is 20.3. The molecule has 0 bridgehead atoms. The molecule has 1 saturated carbocycles. The highest BCUT2D eigenvalue weighted by atomic mass is 32.1. The van der Waals surface area contributed by atoms with Gasteiger partial charge in [-0.05, 0) is 48.6 Å². The summed E-state index contributed by atoms with van der Waals surface area (Å²) in [5.41, 5.74) is 3.29. The molecule has 2 fully saturated rings. The number of hydrogen-bond acceptors (Lipinski definition) is 6. The van der Waals surface area contributed by atoms with E-state index in [0.717, 1.165) is 77.3 Å². The minimum Gasteiger partial charge on any atom is -0.493 e. The number of carbonyl (C=O) groups is 1. The van der Waals surface area contributed by atoms with Crippen molar-refractivity contribution in [2.45, 2.75) is 43.6 Å². The van der Waals surface area contributed by atoms with Crippen molar-refractivity contribution in [1.82, 2.24) is 20.1 Å². The number of benzene rings is 2. The molecule has 2 aliphatic heterocycles. The second-order valence-corrected chi connectivity index (χ2v) is 10.8. The molecule has 2 aromatic heterocycles. The van der Waals surface area contributed by atoms with Gasteiger partial charge in [0.2, 0.25) is 0 Å². The van der Waals surface area contributed by atoms with Crippen LogP contribution in [-0.2, 0) is 11.2 Å². The number of thiazole rings is 1. The minimum atomic E-state index is -0.747. The van der Waals surface area contributed by atoms with Gasteiger partial charge in [0, 0.05) is 43.6 Å². The summed E-state index contributed by atoms with van der Waals surface area (Å²) in [7, 11) is 0. The Hall–Kier alpha value is -3.39. The van der Waals surface area contributed by atoms with Gasteiger partial charge >= 0.3 is 0 Å². The van der Waals surface area contributed by atoms with Gasteiger partial charge in [-0.1, -0.05) is 18.2 Å². The number of nitrogens with zero attached hydrogens (tertiary/aromatic N) is 3. The molecule has 7 rings (SSSR count). The van der Waals surface area contributed by atoms with E-state index in [-0.39, 0.29) is 11.8 Å². The Morgan fingerprint density at radius 2 is 2.03 bits per heavy atom. The van der Waals surface area contributed by atoms with Crippen LogP contribution >= 0.6 is 11.3 Å². The van der Waals surface area contributed by atoms with E-state index in [2.05, 4.69) is 28.4 Å². The van der Waals surface area contributed by atoms with E-state index in [0.29, 0.717) is 12.4 Å². The number of aromatic amines is 1. The number of amides is 1. The topological polar surface area (TPSA) is 80.3 Å². The van der Waals surface area contributed by atoms with Gasteiger partial charge in [0.05, 0.1) is 17.5 Å². The fourth-order valence-corrected chi connectivity index (χ4v) is 6.33. The number of nitrogens with one attached hydrogen (secondary N) is 1. The SMILES string of the molecule is O=C(N1CCCC1)C1(Oc2cc(-c3cn[nH]c3)cc3sc(C4COc5ccccc5C4)nc23)CC1. The van der Waals surface area contributed by atoms with Gasteiger partial charge in [-0.15, -0.1) is 11.3 Å².